The first-order valence-electron chi connectivity index (χ1n) is 7.53. The molecule has 1 saturated carbocycles. The topological polar surface area (TPSA) is 26.3 Å². The van der Waals surface area contributed by atoms with Gasteiger partial charge in [-0.1, -0.05) is 49.6 Å². The lowest BCUT2D eigenvalue weighted by Gasteiger charge is -2.22. The molecule has 1 atom stereocenters. The molecule has 2 nitrogen and oxygen atoms in total. The van der Waals surface area contributed by atoms with Gasteiger partial charge in [0.15, 0.2) is 0 Å². The van der Waals surface area contributed by atoms with E-state index in [0.29, 0.717) is 0 Å². The maximum absolute atomic E-state index is 12.2. The van der Waals surface area contributed by atoms with Crippen LogP contribution in [-0.2, 0) is 9.53 Å². The van der Waals surface area contributed by atoms with Gasteiger partial charge in [0.05, 0.1) is 5.92 Å². The molecular weight excluding hydrogens is 236 g/mol. The first-order chi connectivity index (χ1) is 9.27. The van der Waals surface area contributed by atoms with Crippen LogP contribution in [0.4, 0.5) is 0 Å². The number of carbonyl (C=O) groups excluding carboxylic acids is 1. The third-order valence-electron chi connectivity index (χ3n) is 3.99. The monoisotopic (exact) mass is 260 g/mol. The summed E-state index contributed by atoms with van der Waals surface area (Å²) in [6.07, 6.45) is 8.49. The Kier molecular flexibility index (Phi) is 5.44. The lowest BCUT2D eigenvalue weighted by Crippen LogP contribution is -2.22. The van der Waals surface area contributed by atoms with E-state index in [1.165, 1.54) is 32.1 Å². The fourth-order valence-electron chi connectivity index (χ4n) is 2.68. The quantitative estimate of drug-likeness (QED) is 0.751. The summed E-state index contributed by atoms with van der Waals surface area (Å²) >= 11 is 0. The summed E-state index contributed by atoms with van der Waals surface area (Å²) in [7, 11) is 0. The molecular formula is C17H24O2. The maximum atomic E-state index is 12.2. The summed E-state index contributed by atoms with van der Waals surface area (Å²) < 4.78 is 5.70. The molecule has 0 N–H and O–H groups in total. The molecule has 0 saturated heterocycles. The largest absolute Gasteiger partial charge is 0.462 e. The van der Waals surface area contributed by atoms with Crippen molar-refractivity contribution in [2.45, 2.75) is 63.9 Å². The Bertz CT molecular complexity index is 378. The van der Waals surface area contributed by atoms with E-state index < -0.39 is 0 Å². The Morgan fingerprint density at radius 2 is 1.63 bits per heavy atom. The number of esters is 1. The third-order valence-corrected chi connectivity index (χ3v) is 3.99. The van der Waals surface area contributed by atoms with Gasteiger partial charge < -0.3 is 4.74 Å². The molecule has 0 radical (unpaired) electrons. The van der Waals surface area contributed by atoms with Crippen molar-refractivity contribution >= 4 is 5.97 Å². The Labute approximate surface area is 116 Å². The van der Waals surface area contributed by atoms with Crippen molar-refractivity contribution in [3.63, 3.8) is 0 Å². The van der Waals surface area contributed by atoms with E-state index in [-0.39, 0.29) is 18.0 Å². The van der Waals surface area contributed by atoms with Gasteiger partial charge >= 0.3 is 5.97 Å². The van der Waals surface area contributed by atoms with Crippen LogP contribution in [0.5, 0.6) is 0 Å². The number of ether oxygens (including phenoxy) is 1. The Morgan fingerprint density at radius 1 is 1.05 bits per heavy atom. The summed E-state index contributed by atoms with van der Waals surface area (Å²) in [5, 5.41) is 0. The normalized spacial score (nSPS) is 19.2. The van der Waals surface area contributed by atoms with Gasteiger partial charge in [0.2, 0.25) is 0 Å². The van der Waals surface area contributed by atoms with E-state index in [2.05, 4.69) is 0 Å². The van der Waals surface area contributed by atoms with Crippen molar-refractivity contribution in [2.24, 2.45) is 0 Å². The van der Waals surface area contributed by atoms with E-state index in [1.54, 1.807) is 0 Å². The molecule has 104 valence electrons. The van der Waals surface area contributed by atoms with Crippen LogP contribution in [0.2, 0.25) is 0 Å². The maximum Gasteiger partial charge on any atom is 0.313 e. The van der Waals surface area contributed by atoms with Crippen LogP contribution in [0.1, 0.15) is 63.4 Å². The molecule has 0 spiro atoms. The second-order valence-electron chi connectivity index (χ2n) is 5.54. The van der Waals surface area contributed by atoms with Gasteiger partial charge in [0, 0.05) is 0 Å². The Morgan fingerprint density at radius 3 is 2.26 bits per heavy atom. The van der Waals surface area contributed by atoms with Crippen LogP contribution in [-0.4, -0.2) is 12.1 Å². The molecule has 19 heavy (non-hydrogen) atoms. The van der Waals surface area contributed by atoms with E-state index in [9.17, 15) is 4.79 Å². The van der Waals surface area contributed by atoms with Gasteiger partial charge in [-0.25, -0.2) is 0 Å². The molecule has 2 heteroatoms. The highest BCUT2D eigenvalue weighted by atomic mass is 16.5. The third kappa shape index (κ3) is 4.38. The lowest BCUT2D eigenvalue weighted by atomic mass is 9.98. The van der Waals surface area contributed by atoms with Crippen LogP contribution in [0.15, 0.2) is 30.3 Å². The molecule has 0 amide bonds. The molecule has 1 fully saturated rings. The van der Waals surface area contributed by atoms with Crippen molar-refractivity contribution < 1.29 is 9.53 Å². The predicted octanol–water partition coefficient (Wildman–Crippen LogP) is 4.45. The molecule has 2 rings (SSSR count). The predicted molar refractivity (Wildman–Crippen MR) is 77.1 cm³/mol. The highest BCUT2D eigenvalue weighted by Gasteiger charge is 2.21. The number of benzene rings is 1. The molecule has 1 aromatic carbocycles. The highest BCUT2D eigenvalue weighted by Crippen LogP contribution is 2.23. The van der Waals surface area contributed by atoms with Gasteiger partial charge in [-0.3, -0.25) is 4.79 Å². The van der Waals surface area contributed by atoms with Crippen molar-refractivity contribution in [2.75, 3.05) is 0 Å². The van der Waals surface area contributed by atoms with Gasteiger partial charge in [0.25, 0.3) is 0 Å². The summed E-state index contributed by atoms with van der Waals surface area (Å²) in [4.78, 5) is 12.2. The summed E-state index contributed by atoms with van der Waals surface area (Å²) in [5.41, 5.74) is 1.04. The highest BCUT2D eigenvalue weighted by molar-refractivity contribution is 5.77. The smallest absolute Gasteiger partial charge is 0.313 e. The van der Waals surface area contributed by atoms with E-state index in [1.807, 2.05) is 37.3 Å². The number of carbonyl (C=O) groups is 1. The fraction of sp³-hybridized carbons (Fsp3) is 0.588. The van der Waals surface area contributed by atoms with Crippen LogP contribution in [0, 0.1) is 0 Å². The van der Waals surface area contributed by atoms with Gasteiger partial charge in [-0.05, 0) is 38.2 Å². The fourth-order valence-corrected chi connectivity index (χ4v) is 2.68. The van der Waals surface area contributed by atoms with Crippen molar-refractivity contribution in [1.82, 2.24) is 0 Å². The summed E-state index contributed by atoms with van der Waals surface area (Å²) in [6, 6.07) is 9.88. The SMILES string of the molecule is C[C@H](C(=O)OC1CCCCCCC1)c1ccccc1. The van der Waals surface area contributed by atoms with Crippen LogP contribution in [0.3, 0.4) is 0 Å². The zero-order valence-corrected chi connectivity index (χ0v) is 11.8. The number of hydrogen-bond donors (Lipinski definition) is 0. The average molecular weight is 260 g/mol. The van der Waals surface area contributed by atoms with Crippen molar-refractivity contribution in [1.29, 1.82) is 0 Å². The Balaban J connectivity index is 1.88. The molecule has 1 aliphatic carbocycles. The average Bonchev–Trinajstić information content (AvgIpc) is 2.41. The zero-order valence-electron chi connectivity index (χ0n) is 11.8. The minimum atomic E-state index is -0.161. The minimum Gasteiger partial charge on any atom is -0.462 e. The van der Waals surface area contributed by atoms with Gasteiger partial charge in [0.1, 0.15) is 6.10 Å². The lowest BCUT2D eigenvalue weighted by molar-refractivity contribution is -0.151. The molecule has 1 aromatic rings. The van der Waals surface area contributed by atoms with Crippen LogP contribution in [0.25, 0.3) is 0 Å². The molecule has 0 unspecified atom stereocenters. The van der Waals surface area contributed by atoms with Gasteiger partial charge in [-0.2, -0.15) is 0 Å². The van der Waals surface area contributed by atoms with E-state index in [4.69, 9.17) is 4.74 Å². The zero-order chi connectivity index (χ0) is 13.5. The molecule has 0 heterocycles. The van der Waals surface area contributed by atoms with Gasteiger partial charge in [-0.15, -0.1) is 0 Å². The van der Waals surface area contributed by atoms with Crippen LogP contribution < -0.4 is 0 Å². The van der Waals surface area contributed by atoms with Crippen molar-refractivity contribution in [3.05, 3.63) is 35.9 Å². The molecule has 1 aliphatic rings. The molecule has 0 aromatic heterocycles. The number of hydrogen-bond acceptors (Lipinski definition) is 2. The second-order valence-corrected chi connectivity index (χ2v) is 5.54. The second kappa shape index (κ2) is 7.32. The summed E-state index contributed by atoms with van der Waals surface area (Å²) in [6.45, 7) is 1.93. The molecule has 0 aliphatic heterocycles. The van der Waals surface area contributed by atoms with E-state index in [0.717, 1.165) is 18.4 Å². The molecule has 0 bridgehead atoms. The standard InChI is InChI=1S/C17H24O2/c1-14(15-10-6-5-7-11-15)17(18)19-16-12-8-3-2-4-9-13-16/h5-7,10-11,14,16H,2-4,8-9,12-13H2,1H3/t14-/m0/s1. The first kappa shape index (κ1) is 14.1. The van der Waals surface area contributed by atoms with E-state index >= 15 is 0 Å². The van der Waals surface area contributed by atoms with Crippen molar-refractivity contribution in [3.8, 4) is 0 Å². The minimum absolute atomic E-state index is 0.0724. The first-order valence-corrected chi connectivity index (χ1v) is 7.53. The summed E-state index contributed by atoms with van der Waals surface area (Å²) in [5.74, 6) is -0.233. The number of rotatable bonds is 3. The Hall–Kier alpha value is -1.31. The van der Waals surface area contributed by atoms with Crippen LogP contribution >= 0.6 is 0 Å².